The Labute approximate surface area is 186 Å². The molecule has 0 bridgehead atoms. The minimum absolute atomic E-state index is 0.0417. The number of rotatable bonds is 8. The fourth-order valence-corrected chi connectivity index (χ4v) is 4.37. The molecule has 0 aromatic heterocycles. The molecular formula is C25H34ClN3O. The molecular weight excluding hydrogens is 394 g/mol. The largest absolute Gasteiger partial charge is 0.325 e. The number of carbonyl (C=O) groups is 1. The van der Waals surface area contributed by atoms with Crippen LogP contribution < -0.4 is 5.32 Å². The van der Waals surface area contributed by atoms with Crippen molar-refractivity contribution in [3.8, 4) is 0 Å². The van der Waals surface area contributed by atoms with E-state index in [0.717, 1.165) is 63.2 Å². The third-order valence-corrected chi connectivity index (χ3v) is 6.81. The van der Waals surface area contributed by atoms with E-state index in [-0.39, 0.29) is 5.91 Å². The maximum atomic E-state index is 13.3. The second kappa shape index (κ2) is 10.4. The summed E-state index contributed by atoms with van der Waals surface area (Å²) in [5, 5.41) is 3.83. The van der Waals surface area contributed by atoms with Crippen LogP contribution in [0.1, 0.15) is 37.8 Å². The van der Waals surface area contributed by atoms with Gasteiger partial charge in [0.2, 0.25) is 5.91 Å². The number of amides is 1. The van der Waals surface area contributed by atoms with Crippen LogP contribution in [0.15, 0.2) is 48.5 Å². The molecule has 0 atom stereocenters. The van der Waals surface area contributed by atoms with E-state index < -0.39 is 5.41 Å². The first kappa shape index (κ1) is 22.8. The fourth-order valence-electron chi connectivity index (χ4n) is 4.24. The van der Waals surface area contributed by atoms with Crippen molar-refractivity contribution in [1.82, 2.24) is 9.80 Å². The molecule has 1 aliphatic rings. The zero-order chi connectivity index (χ0) is 21.6. The molecule has 1 fully saturated rings. The van der Waals surface area contributed by atoms with Crippen LogP contribution in [0.3, 0.4) is 0 Å². The minimum Gasteiger partial charge on any atom is -0.325 e. The van der Waals surface area contributed by atoms with Crippen molar-refractivity contribution < 1.29 is 4.79 Å². The van der Waals surface area contributed by atoms with Crippen molar-refractivity contribution in [3.05, 3.63) is 64.7 Å². The third-order valence-electron chi connectivity index (χ3n) is 6.56. The summed E-state index contributed by atoms with van der Waals surface area (Å²) in [5.41, 5.74) is 2.62. The number of halogens is 1. The zero-order valence-corrected chi connectivity index (χ0v) is 19.2. The molecule has 3 rings (SSSR count). The molecule has 162 valence electrons. The fraction of sp³-hybridized carbons (Fsp3) is 0.480. The first-order valence-corrected chi connectivity index (χ1v) is 11.4. The Balaban J connectivity index is 1.61. The summed E-state index contributed by atoms with van der Waals surface area (Å²) in [7, 11) is 2.18. The molecule has 0 radical (unpaired) electrons. The predicted octanol–water partition coefficient (Wildman–Crippen LogP) is 4.83. The summed E-state index contributed by atoms with van der Waals surface area (Å²) in [4.78, 5) is 18.2. The van der Waals surface area contributed by atoms with Crippen LogP contribution in [0.2, 0.25) is 5.02 Å². The molecule has 1 saturated heterocycles. The summed E-state index contributed by atoms with van der Waals surface area (Å²) in [6, 6.07) is 16.0. The van der Waals surface area contributed by atoms with E-state index >= 15 is 0 Å². The lowest BCUT2D eigenvalue weighted by Gasteiger charge is -2.32. The third kappa shape index (κ3) is 5.42. The standard InChI is InChI=1S/C25H34ClN3O/c1-4-25(5-2,21-8-10-22(26)11-9-21)24(30)27-23-12-6-20(7-13-23)14-15-29-18-16-28(3)17-19-29/h6-13H,4-5,14-19H2,1-3H3,(H,27,30). The molecule has 0 aliphatic carbocycles. The number of anilines is 1. The Kier molecular flexibility index (Phi) is 7.93. The first-order valence-electron chi connectivity index (χ1n) is 11.0. The average Bonchev–Trinajstić information content (AvgIpc) is 2.77. The molecule has 5 heteroatoms. The highest BCUT2D eigenvalue weighted by molar-refractivity contribution is 6.30. The van der Waals surface area contributed by atoms with Crippen LogP contribution >= 0.6 is 11.6 Å². The van der Waals surface area contributed by atoms with Gasteiger partial charge in [0.05, 0.1) is 5.41 Å². The monoisotopic (exact) mass is 427 g/mol. The van der Waals surface area contributed by atoms with E-state index in [2.05, 4.69) is 48.1 Å². The van der Waals surface area contributed by atoms with Gasteiger partial charge in [0, 0.05) is 43.4 Å². The molecule has 1 aliphatic heterocycles. The van der Waals surface area contributed by atoms with Gasteiger partial charge in [-0.1, -0.05) is 49.7 Å². The summed E-state index contributed by atoms with van der Waals surface area (Å²) < 4.78 is 0. The lowest BCUT2D eigenvalue weighted by atomic mass is 9.75. The van der Waals surface area contributed by atoms with Gasteiger partial charge < -0.3 is 15.1 Å². The van der Waals surface area contributed by atoms with Crippen LogP contribution in [0, 0.1) is 0 Å². The predicted molar refractivity (Wildman–Crippen MR) is 126 cm³/mol. The van der Waals surface area contributed by atoms with Gasteiger partial charge in [-0.2, -0.15) is 0 Å². The van der Waals surface area contributed by atoms with E-state index in [0.29, 0.717) is 5.02 Å². The second-order valence-electron chi connectivity index (χ2n) is 8.34. The Morgan fingerprint density at radius 1 is 0.967 bits per heavy atom. The summed E-state index contributed by atoms with van der Waals surface area (Å²) in [5.74, 6) is 0.0417. The second-order valence-corrected chi connectivity index (χ2v) is 8.78. The van der Waals surface area contributed by atoms with Crippen LogP contribution in [0.5, 0.6) is 0 Å². The van der Waals surface area contributed by atoms with Gasteiger partial charge in [-0.15, -0.1) is 0 Å². The number of likely N-dealkylation sites (N-methyl/N-ethyl adjacent to an activating group) is 1. The van der Waals surface area contributed by atoms with Gasteiger partial charge in [0.25, 0.3) is 0 Å². The van der Waals surface area contributed by atoms with Crippen molar-refractivity contribution in [1.29, 1.82) is 0 Å². The summed E-state index contributed by atoms with van der Waals surface area (Å²) in [6.45, 7) is 9.81. The van der Waals surface area contributed by atoms with Crippen molar-refractivity contribution in [2.75, 3.05) is 45.1 Å². The van der Waals surface area contributed by atoms with Crippen molar-refractivity contribution in [2.45, 2.75) is 38.5 Å². The average molecular weight is 428 g/mol. The number of carbonyl (C=O) groups excluding carboxylic acids is 1. The number of piperazine rings is 1. The zero-order valence-electron chi connectivity index (χ0n) is 18.5. The molecule has 0 spiro atoms. The van der Waals surface area contributed by atoms with Gasteiger partial charge in [-0.25, -0.2) is 0 Å². The summed E-state index contributed by atoms with van der Waals surface area (Å²) in [6.07, 6.45) is 2.51. The first-order chi connectivity index (χ1) is 14.5. The highest BCUT2D eigenvalue weighted by atomic mass is 35.5. The molecule has 0 saturated carbocycles. The maximum Gasteiger partial charge on any atom is 0.235 e. The number of benzene rings is 2. The molecule has 4 nitrogen and oxygen atoms in total. The van der Waals surface area contributed by atoms with Crippen LogP contribution in [0.4, 0.5) is 5.69 Å². The highest BCUT2D eigenvalue weighted by Gasteiger charge is 2.36. The molecule has 2 aromatic carbocycles. The van der Waals surface area contributed by atoms with Crippen molar-refractivity contribution >= 4 is 23.2 Å². The van der Waals surface area contributed by atoms with Gasteiger partial charge >= 0.3 is 0 Å². The quantitative estimate of drug-likeness (QED) is 0.655. The van der Waals surface area contributed by atoms with Gasteiger partial charge in [0.1, 0.15) is 0 Å². The van der Waals surface area contributed by atoms with Crippen molar-refractivity contribution in [2.24, 2.45) is 0 Å². The molecule has 1 heterocycles. The molecule has 30 heavy (non-hydrogen) atoms. The maximum absolute atomic E-state index is 13.3. The van der Waals surface area contributed by atoms with E-state index in [4.69, 9.17) is 11.6 Å². The lowest BCUT2D eigenvalue weighted by molar-refractivity contribution is -0.121. The summed E-state index contributed by atoms with van der Waals surface area (Å²) >= 11 is 6.05. The smallest absolute Gasteiger partial charge is 0.235 e. The van der Waals surface area contributed by atoms with Gasteiger partial charge in [0.15, 0.2) is 0 Å². The van der Waals surface area contributed by atoms with Crippen LogP contribution in [0.25, 0.3) is 0 Å². The van der Waals surface area contributed by atoms with Crippen molar-refractivity contribution in [3.63, 3.8) is 0 Å². The molecule has 1 N–H and O–H groups in total. The lowest BCUT2D eigenvalue weighted by Crippen LogP contribution is -2.45. The minimum atomic E-state index is -0.551. The molecule has 0 unspecified atom stereocenters. The Hall–Kier alpha value is -1.88. The highest BCUT2D eigenvalue weighted by Crippen LogP contribution is 2.34. The normalized spacial score (nSPS) is 15.9. The number of nitrogens with one attached hydrogen (secondary N) is 1. The topological polar surface area (TPSA) is 35.6 Å². The SMILES string of the molecule is CCC(CC)(C(=O)Nc1ccc(CCN2CCN(C)CC2)cc1)c1ccc(Cl)cc1. The van der Waals surface area contributed by atoms with Gasteiger partial charge in [-0.3, -0.25) is 4.79 Å². The van der Waals surface area contributed by atoms with E-state index in [1.165, 1.54) is 5.56 Å². The van der Waals surface area contributed by atoms with Crippen LogP contribution in [-0.4, -0.2) is 55.5 Å². The number of nitrogens with zero attached hydrogens (tertiary/aromatic N) is 2. The molecule has 1 amide bonds. The number of hydrogen-bond acceptors (Lipinski definition) is 3. The number of hydrogen-bond donors (Lipinski definition) is 1. The van der Waals surface area contributed by atoms with E-state index in [1.54, 1.807) is 0 Å². The Bertz CT molecular complexity index is 807. The van der Waals surface area contributed by atoms with E-state index in [9.17, 15) is 4.79 Å². The Morgan fingerprint density at radius 2 is 1.57 bits per heavy atom. The Morgan fingerprint density at radius 3 is 2.13 bits per heavy atom. The molecule has 2 aromatic rings. The van der Waals surface area contributed by atoms with Gasteiger partial charge in [-0.05, 0) is 61.7 Å². The van der Waals surface area contributed by atoms with Crippen LogP contribution in [-0.2, 0) is 16.6 Å². The van der Waals surface area contributed by atoms with E-state index in [1.807, 2.05) is 36.4 Å².